The van der Waals surface area contributed by atoms with E-state index < -0.39 is 54.2 Å². The molecule has 10 heteroatoms. The highest BCUT2D eigenvalue weighted by atomic mass is 79.9. The van der Waals surface area contributed by atoms with Gasteiger partial charge in [-0.1, -0.05) is 0 Å². The van der Waals surface area contributed by atoms with E-state index in [1.807, 2.05) is 0 Å². The van der Waals surface area contributed by atoms with E-state index >= 15 is 0 Å². The summed E-state index contributed by atoms with van der Waals surface area (Å²) in [5.74, 6) is -2.31. The van der Waals surface area contributed by atoms with Crippen molar-refractivity contribution in [1.82, 2.24) is 0 Å². The number of carbonyl (C=O) groups excluding carboxylic acids is 4. The molecule has 0 radical (unpaired) electrons. The maximum atomic E-state index is 11.8. The molecule has 0 bridgehead atoms. The predicted molar refractivity (Wildman–Crippen MR) is 80.9 cm³/mol. The molecule has 0 aromatic carbocycles. The van der Waals surface area contributed by atoms with E-state index in [1.54, 1.807) is 0 Å². The fraction of sp³-hybridized carbons (Fsp3) is 0.714. The van der Waals surface area contributed by atoms with Crippen LogP contribution in [0.4, 0.5) is 0 Å². The van der Waals surface area contributed by atoms with E-state index in [0.29, 0.717) is 0 Å². The Morgan fingerprint density at radius 3 is 1.83 bits per heavy atom. The van der Waals surface area contributed by atoms with Gasteiger partial charge in [0.15, 0.2) is 18.0 Å². The van der Waals surface area contributed by atoms with Gasteiger partial charge < -0.3 is 18.9 Å². The molecule has 136 valence electrons. The van der Waals surface area contributed by atoms with Gasteiger partial charge in [0, 0.05) is 20.8 Å². The van der Waals surface area contributed by atoms with Crippen molar-refractivity contribution in [3.8, 4) is 0 Å². The van der Waals surface area contributed by atoms with E-state index in [9.17, 15) is 19.2 Å². The molecule has 0 amide bonds. The summed E-state index contributed by atoms with van der Waals surface area (Å²) in [5, 5.41) is 0. The molecule has 0 aliphatic carbocycles. The van der Waals surface area contributed by atoms with Crippen LogP contribution in [0.2, 0.25) is 0 Å². The molecule has 5 atom stereocenters. The molecule has 0 saturated carbocycles. The number of hydrogen-bond donors (Lipinski definition) is 0. The molecule has 0 aromatic heterocycles. The van der Waals surface area contributed by atoms with Crippen LogP contribution in [0.5, 0.6) is 0 Å². The highest BCUT2D eigenvalue weighted by Crippen LogP contribution is 2.30. The molecule has 0 N–H and O–H groups in total. The van der Waals surface area contributed by atoms with Gasteiger partial charge >= 0.3 is 17.9 Å². The number of hydrogen-bond acceptors (Lipinski definition) is 9. The molecule has 9 nitrogen and oxygen atoms in total. The lowest BCUT2D eigenvalue weighted by molar-refractivity contribution is -0.236. The Hall–Kier alpha value is -1.52. The maximum Gasteiger partial charge on any atom is 0.303 e. The summed E-state index contributed by atoms with van der Waals surface area (Å²) in [6.07, 6.45) is -5.42. The molecule has 1 saturated heterocycles. The van der Waals surface area contributed by atoms with Gasteiger partial charge in [-0.2, -0.15) is 0 Å². The van der Waals surface area contributed by atoms with Gasteiger partial charge in [-0.3, -0.25) is 23.0 Å². The van der Waals surface area contributed by atoms with Gasteiger partial charge in [-0.05, 0) is 6.92 Å². The molecule has 1 aliphatic heterocycles. The molecule has 0 spiro atoms. The second-order valence-corrected chi connectivity index (χ2v) is 5.58. The lowest BCUT2D eigenvalue weighted by Crippen LogP contribution is -2.63. The Labute approximate surface area is 147 Å². The van der Waals surface area contributed by atoms with Crippen LogP contribution in [0.25, 0.3) is 0 Å². The topological polar surface area (TPSA) is 114 Å². The van der Waals surface area contributed by atoms with E-state index in [4.69, 9.17) is 22.8 Å². The Morgan fingerprint density at radius 1 is 0.875 bits per heavy atom. The molecule has 1 unspecified atom stereocenters. The first kappa shape index (κ1) is 20.5. The number of ether oxygens (including phenoxy) is 4. The summed E-state index contributed by atoms with van der Waals surface area (Å²) in [4.78, 5) is 45.7. The molecule has 1 fully saturated rings. The van der Waals surface area contributed by atoms with Gasteiger partial charge in [0.05, 0.1) is 16.3 Å². The summed E-state index contributed by atoms with van der Waals surface area (Å²) in [6.45, 7) is 4.50. The number of rotatable bonds is 6. The van der Waals surface area contributed by atoms with Crippen molar-refractivity contribution in [3.05, 3.63) is 0 Å². The van der Waals surface area contributed by atoms with Crippen LogP contribution < -0.4 is 0 Å². The second-order valence-electron chi connectivity index (χ2n) is 5.21. The van der Waals surface area contributed by atoms with Gasteiger partial charge in [0.2, 0.25) is 0 Å². The number of halogens is 1. The number of ketones is 1. The van der Waals surface area contributed by atoms with Crippen LogP contribution in [0, 0.1) is 0 Å². The third-order valence-electron chi connectivity index (χ3n) is 3.19. The standard InChI is InChI=1S/C14H19BrO9/c1-6(16)11-14(24-15)13(22-9(4)19)12(21-8(3)18)10(23-11)5-20-7(2)17/h10-14H,5H2,1-4H3/t10-,11?,12-,13+,14-/m1/s1. The van der Waals surface area contributed by atoms with Crippen molar-refractivity contribution in [2.75, 3.05) is 6.61 Å². The van der Waals surface area contributed by atoms with Crippen molar-refractivity contribution in [2.24, 2.45) is 0 Å². The Kier molecular flexibility index (Phi) is 7.77. The molecular weight excluding hydrogens is 392 g/mol. The third-order valence-corrected chi connectivity index (χ3v) is 3.62. The van der Waals surface area contributed by atoms with Crippen molar-refractivity contribution in [1.29, 1.82) is 0 Å². The summed E-state index contributed by atoms with van der Waals surface area (Å²) in [7, 11) is 0. The highest BCUT2D eigenvalue weighted by molar-refractivity contribution is 9.06. The monoisotopic (exact) mass is 410 g/mol. The highest BCUT2D eigenvalue weighted by Gasteiger charge is 2.52. The van der Waals surface area contributed by atoms with E-state index in [2.05, 4.69) is 16.3 Å². The summed E-state index contributed by atoms with van der Waals surface area (Å²) >= 11 is 2.78. The Bertz CT molecular complexity index is 506. The first-order chi connectivity index (χ1) is 11.2. The molecule has 24 heavy (non-hydrogen) atoms. The fourth-order valence-corrected chi connectivity index (χ4v) is 2.74. The number of carbonyl (C=O) groups is 4. The lowest BCUT2D eigenvalue weighted by Gasteiger charge is -2.43. The molecule has 1 rings (SSSR count). The first-order valence-electron chi connectivity index (χ1n) is 7.08. The van der Waals surface area contributed by atoms with Crippen molar-refractivity contribution in [3.63, 3.8) is 0 Å². The number of Topliss-reactive ketones (excluding diaryl/α,β-unsaturated/α-hetero) is 1. The van der Waals surface area contributed by atoms with Gasteiger partial charge in [-0.15, -0.1) is 0 Å². The van der Waals surface area contributed by atoms with Crippen molar-refractivity contribution < 1.29 is 42.0 Å². The normalized spacial score (nSPS) is 29.5. The fourth-order valence-electron chi connectivity index (χ4n) is 2.33. The van der Waals surface area contributed by atoms with Crippen LogP contribution in [0.3, 0.4) is 0 Å². The summed E-state index contributed by atoms with van der Waals surface area (Å²) in [6, 6.07) is 0. The minimum Gasteiger partial charge on any atom is -0.463 e. The molecular formula is C14H19BrO9. The molecule has 1 aliphatic rings. The quantitative estimate of drug-likeness (QED) is 0.454. The van der Waals surface area contributed by atoms with E-state index in [-0.39, 0.29) is 6.61 Å². The maximum absolute atomic E-state index is 11.8. The largest absolute Gasteiger partial charge is 0.463 e. The van der Waals surface area contributed by atoms with E-state index in [1.165, 1.54) is 13.8 Å². The lowest BCUT2D eigenvalue weighted by atomic mass is 9.93. The van der Waals surface area contributed by atoms with Crippen molar-refractivity contribution in [2.45, 2.75) is 58.2 Å². The minimum absolute atomic E-state index is 0.288. The zero-order valence-electron chi connectivity index (χ0n) is 13.6. The Balaban J connectivity index is 3.18. The van der Waals surface area contributed by atoms with Crippen LogP contribution in [-0.4, -0.2) is 60.8 Å². The van der Waals surface area contributed by atoms with Crippen LogP contribution in [0.15, 0.2) is 0 Å². The van der Waals surface area contributed by atoms with E-state index in [0.717, 1.165) is 13.8 Å². The number of esters is 3. The average molecular weight is 411 g/mol. The zero-order chi connectivity index (χ0) is 18.4. The SMILES string of the molecule is CC(=O)OC[C@H]1OC(C(C)=O)[C@@H](OBr)[C@@H](OC(C)=O)[C@@H]1OC(C)=O. The Morgan fingerprint density at radius 2 is 1.42 bits per heavy atom. The smallest absolute Gasteiger partial charge is 0.303 e. The van der Waals surface area contributed by atoms with Gasteiger partial charge in [0.25, 0.3) is 0 Å². The molecule has 0 aromatic rings. The van der Waals surface area contributed by atoms with Crippen LogP contribution in [0.1, 0.15) is 27.7 Å². The minimum atomic E-state index is -1.13. The van der Waals surface area contributed by atoms with Crippen molar-refractivity contribution >= 4 is 39.9 Å². The summed E-state index contributed by atoms with van der Waals surface area (Å²) < 4.78 is 25.9. The van der Waals surface area contributed by atoms with Gasteiger partial charge in [0.1, 0.15) is 24.9 Å². The average Bonchev–Trinajstić information content (AvgIpc) is 2.45. The summed E-state index contributed by atoms with van der Waals surface area (Å²) in [5.41, 5.74) is 0. The third kappa shape index (κ3) is 5.53. The van der Waals surface area contributed by atoms with Crippen LogP contribution >= 0.6 is 16.3 Å². The second kappa shape index (κ2) is 9.09. The molecule has 1 heterocycles. The first-order valence-corrected chi connectivity index (χ1v) is 7.73. The van der Waals surface area contributed by atoms with Crippen LogP contribution in [-0.2, 0) is 42.0 Å². The predicted octanol–water partition coefficient (Wildman–Crippen LogP) is 0.464. The van der Waals surface area contributed by atoms with Gasteiger partial charge in [-0.25, -0.2) is 0 Å². The zero-order valence-corrected chi connectivity index (χ0v) is 15.2.